The molecule has 0 radical (unpaired) electrons. The van der Waals surface area contributed by atoms with Crippen molar-refractivity contribution in [2.45, 2.75) is 20.4 Å². The molecule has 0 aliphatic carbocycles. The van der Waals surface area contributed by atoms with Crippen LogP contribution in [0.25, 0.3) is 22.3 Å². The number of hydrogen-bond donors (Lipinski definition) is 1. The van der Waals surface area contributed by atoms with E-state index in [4.69, 9.17) is 0 Å². The topological polar surface area (TPSA) is 59.3 Å². The van der Waals surface area contributed by atoms with Gasteiger partial charge >= 0.3 is 0 Å². The van der Waals surface area contributed by atoms with Gasteiger partial charge in [-0.15, -0.1) is 0 Å². The van der Waals surface area contributed by atoms with E-state index in [1.165, 1.54) is 10.6 Å². The lowest BCUT2D eigenvalue weighted by Crippen LogP contribution is -2.43. The molecule has 0 spiro atoms. The van der Waals surface area contributed by atoms with Gasteiger partial charge in [0.25, 0.3) is 5.91 Å². The predicted octanol–water partition coefficient (Wildman–Crippen LogP) is 2.99. The second-order valence-electron chi connectivity index (χ2n) is 8.07. The van der Waals surface area contributed by atoms with Crippen LogP contribution in [0, 0.1) is 5.82 Å². The fourth-order valence-electron chi connectivity index (χ4n) is 4.40. The SMILES string of the molecule is CC(C)=CCn1c2c(c(=O)c3cc(F)c(N4CCNCC4)cc31)C(=O)n1cccc1-2. The van der Waals surface area contributed by atoms with E-state index in [2.05, 4.69) is 5.32 Å². The zero-order chi connectivity index (χ0) is 21.0. The molecule has 7 heteroatoms. The standard InChI is InChI=1S/C23H23FN4O2/c1-14(2)5-9-27-18-13-19(26-10-6-25-7-11-26)16(24)12-15(18)22(29)20-21(27)17-4-3-8-28(17)23(20)30/h3-5,8,12-13,25H,6-7,9-11H2,1-2H3. The highest BCUT2D eigenvalue weighted by Crippen LogP contribution is 2.35. The van der Waals surface area contributed by atoms with Crippen molar-refractivity contribution < 1.29 is 9.18 Å². The van der Waals surface area contributed by atoms with E-state index in [-0.39, 0.29) is 16.9 Å². The largest absolute Gasteiger partial charge is 0.367 e. The minimum absolute atomic E-state index is 0.120. The molecule has 0 amide bonds. The number of carbonyl (C=O) groups is 1. The van der Waals surface area contributed by atoms with Crippen LogP contribution >= 0.6 is 0 Å². The fraction of sp³-hybridized carbons (Fsp3) is 0.304. The summed E-state index contributed by atoms with van der Waals surface area (Å²) in [6.07, 6.45) is 3.72. The maximum absolute atomic E-state index is 15.1. The van der Waals surface area contributed by atoms with Gasteiger partial charge in [-0.1, -0.05) is 11.6 Å². The van der Waals surface area contributed by atoms with Gasteiger partial charge < -0.3 is 14.8 Å². The van der Waals surface area contributed by atoms with Crippen LogP contribution in [-0.2, 0) is 6.54 Å². The van der Waals surface area contributed by atoms with Gasteiger partial charge in [-0.05, 0) is 38.1 Å². The minimum Gasteiger partial charge on any atom is -0.367 e. The number of fused-ring (bicyclic) bond motifs is 4. The Labute approximate surface area is 173 Å². The number of carbonyl (C=O) groups excluding carboxylic acids is 1. The number of allylic oxidation sites excluding steroid dienone is 2. The summed E-state index contributed by atoms with van der Waals surface area (Å²) in [6.45, 7) is 7.48. The van der Waals surface area contributed by atoms with Crippen molar-refractivity contribution in [3.05, 3.63) is 63.7 Å². The van der Waals surface area contributed by atoms with Crippen LogP contribution in [0.4, 0.5) is 10.1 Å². The molecule has 6 nitrogen and oxygen atoms in total. The monoisotopic (exact) mass is 406 g/mol. The number of rotatable bonds is 3. The summed E-state index contributed by atoms with van der Waals surface area (Å²) >= 11 is 0. The number of aromatic nitrogens is 2. The molecule has 30 heavy (non-hydrogen) atoms. The lowest BCUT2D eigenvalue weighted by molar-refractivity contribution is 0.0968. The van der Waals surface area contributed by atoms with E-state index in [1.807, 2.05) is 35.5 Å². The van der Waals surface area contributed by atoms with Crippen LogP contribution in [0.15, 0.2) is 46.9 Å². The molecule has 4 heterocycles. The van der Waals surface area contributed by atoms with Gasteiger partial charge in [0, 0.05) is 44.3 Å². The highest BCUT2D eigenvalue weighted by Gasteiger charge is 2.33. The third-order valence-electron chi connectivity index (χ3n) is 5.90. The molecule has 2 aliphatic rings. The number of anilines is 1. The molecule has 2 aliphatic heterocycles. The summed E-state index contributed by atoms with van der Waals surface area (Å²) in [4.78, 5) is 28.2. The molecule has 0 unspecified atom stereocenters. The second-order valence-corrected chi connectivity index (χ2v) is 8.07. The fourth-order valence-corrected chi connectivity index (χ4v) is 4.40. The maximum Gasteiger partial charge on any atom is 0.268 e. The van der Waals surface area contributed by atoms with Gasteiger partial charge in [0.05, 0.1) is 22.6 Å². The van der Waals surface area contributed by atoms with Crippen LogP contribution in [-0.4, -0.2) is 41.2 Å². The van der Waals surface area contributed by atoms with Crippen LogP contribution in [0.1, 0.15) is 24.2 Å². The van der Waals surface area contributed by atoms with Crippen molar-refractivity contribution in [2.24, 2.45) is 0 Å². The Balaban J connectivity index is 1.84. The number of nitrogens with zero attached hydrogens (tertiary/aromatic N) is 3. The molecule has 1 fully saturated rings. The molecule has 2 aromatic heterocycles. The van der Waals surface area contributed by atoms with Gasteiger partial charge in [-0.25, -0.2) is 4.39 Å². The highest BCUT2D eigenvalue weighted by atomic mass is 19.1. The highest BCUT2D eigenvalue weighted by molar-refractivity contribution is 6.10. The van der Waals surface area contributed by atoms with Gasteiger partial charge in [0.1, 0.15) is 11.4 Å². The van der Waals surface area contributed by atoms with Crippen molar-refractivity contribution in [1.82, 2.24) is 14.5 Å². The molecule has 1 aromatic carbocycles. The molecule has 0 atom stereocenters. The number of hydrogen-bond acceptors (Lipinski definition) is 4. The predicted molar refractivity (Wildman–Crippen MR) is 116 cm³/mol. The Bertz CT molecular complexity index is 1270. The van der Waals surface area contributed by atoms with Crippen molar-refractivity contribution >= 4 is 22.5 Å². The zero-order valence-corrected chi connectivity index (χ0v) is 17.0. The maximum atomic E-state index is 15.1. The van der Waals surface area contributed by atoms with E-state index < -0.39 is 11.2 Å². The smallest absolute Gasteiger partial charge is 0.268 e. The van der Waals surface area contributed by atoms with Crippen LogP contribution in [0.3, 0.4) is 0 Å². The molecule has 3 aromatic rings. The number of pyridine rings is 1. The van der Waals surface area contributed by atoms with E-state index in [0.717, 1.165) is 18.7 Å². The number of halogens is 1. The van der Waals surface area contributed by atoms with Crippen molar-refractivity contribution in [2.75, 3.05) is 31.1 Å². The molecule has 1 saturated heterocycles. The molecule has 0 saturated carbocycles. The summed E-state index contributed by atoms with van der Waals surface area (Å²) in [6, 6.07) is 6.71. The van der Waals surface area contributed by atoms with E-state index in [9.17, 15) is 9.59 Å². The first-order valence-corrected chi connectivity index (χ1v) is 10.2. The molecule has 1 N–H and O–H groups in total. The third kappa shape index (κ3) is 2.73. The average molecular weight is 406 g/mol. The first-order chi connectivity index (χ1) is 14.5. The first kappa shape index (κ1) is 18.8. The van der Waals surface area contributed by atoms with Crippen LogP contribution in [0.5, 0.6) is 0 Å². The Morgan fingerprint density at radius 2 is 1.97 bits per heavy atom. The third-order valence-corrected chi connectivity index (χ3v) is 5.90. The molecular formula is C23H23FN4O2. The summed E-state index contributed by atoms with van der Waals surface area (Å²) in [5, 5.41) is 3.52. The number of benzene rings is 1. The summed E-state index contributed by atoms with van der Waals surface area (Å²) in [5.41, 5.74) is 3.28. The first-order valence-electron chi connectivity index (χ1n) is 10.2. The lowest BCUT2D eigenvalue weighted by Gasteiger charge is -2.30. The van der Waals surface area contributed by atoms with Crippen LogP contribution in [0.2, 0.25) is 0 Å². The molecular weight excluding hydrogens is 383 g/mol. The van der Waals surface area contributed by atoms with Crippen molar-refractivity contribution in [3.8, 4) is 11.4 Å². The van der Waals surface area contributed by atoms with Gasteiger partial charge in [-0.2, -0.15) is 0 Å². The van der Waals surface area contributed by atoms with Gasteiger partial charge in [0.15, 0.2) is 0 Å². The van der Waals surface area contributed by atoms with E-state index in [0.29, 0.717) is 42.2 Å². The Hall–Kier alpha value is -3.19. The quantitative estimate of drug-likeness (QED) is 0.532. The number of nitrogens with one attached hydrogen (secondary N) is 1. The Morgan fingerprint density at radius 1 is 1.20 bits per heavy atom. The molecule has 0 bridgehead atoms. The average Bonchev–Trinajstić information content (AvgIpc) is 3.31. The Morgan fingerprint density at radius 3 is 2.70 bits per heavy atom. The van der Waals surface area contributed by atoms with Gasteiger partial charge in [0.2, 0.25) is 5.43 Å². The van der Waals surface area contributed by atoms with Gasteiger partial charge in [-0.3, -0.25) is 14.2 Å². The molecule has 5 rings (SSSR count). The Kier molecular flexibility index (Phi) is 4.36. The lowest BCUT2D eigenvalue weighted by atomic mass is 10.0. The van der Waals surface area contributed by atoms with Crippen molar-refractivity contribution in [1.29, 1.82) is 0 Å². The number of piperazine rings is 1. The van der Waals surface area contributed by atoms with E-state index in [1.54, 1.807) is 18.3 Å². The molecule has 154 valence electrons. The summed E-state index contributed by atoms with van der Waals surface area (Å²) in [5.74, 6) is -0.783. The van der Waals surface area contributed by atoms with Crippen LogP contribution < -0.4 is 15.6 Å². The zero-order valence-electron chi connectivity index (χ0n) is 17.0. The van der Waals surface area contributed by atoms with E-state index >= 15 is 4.39 Å². The minimum atomic E-state index is -0.430. The summed E-state index contributed by atoms with van der Waals surface area (Å²) < 4.78 is 18.5. The normalized spacial score (nSPS) is 15.4. The second kappa shape index (κ2) is 6.95. The van der Waals surface area contributed by atoms with Crippen molar-refractivity contribution in [3.63, 3.8) is 0 Å². The summed E-state index contributed by atoms with van der Waals surface area (Å²) in [7, 11) is 0.